The number of hydrogen-bond donors (Lipinski definition) is 0. The lowest BCUT2D eigenvalue weighted by molar-refractivity contribution is -0.138. The summed E-state index contributed by atoms with van der Waals surface area (Å²) in [5, 5.41) is 0. The lowest BCUT2D eigenvalue weighted by Gasteiger charge is -2.31. The molecule has 1 saturated carbocycles. The standard InChI is InChI=1S/C16H21NO/c1-12-10-15(13-6-3-2-4-7-13)11-17(12)16(18)14-8-5-9-14/h2-4,6-7,12,14-15H,5,8-11H2,1H3. The van der Waals surface area contributed by atoms with Crippen LogP contribution < -0.4 is 0 Å². The van der Waals surface area contributed by atoms with Crippen LogP contribution in [0.25, 0.3) is 0 Å². The van der Waals surface area contributed by atoms with Gasteiger partial charge in [-0.25, -0.2) is 0 Å². The molecule has 1 aromatic rings. The number of carbonyl (C=O) groups excluding carboxylic acids is 1. The van der Waals surface area contributed by atoms with Gasteiger partial charge < -0.3 is 4.90 Å². The molecule has 1 aliphatic carbocycles. The van der Waals surface area contributed by atoms with Crippen molar-refractivity contribution in [3.63, 3.8) is 0 Å². The molecule has 1 saturated heterocycles. The van der Waals surface area contributed by atoms with Gasteiger partial charge in [-0.1, -0.05) is 36.8 Å². The number of hydrogen-bond acceptors (Lipinski definition) is 1. The van der Waals surface area contributed by atoms with Crippen molar-refractivity contribution in [1.82, 2.24) is 4.90 Å². The summed E-state index contributed by atoms with van der Waals surface area (Å²) in [7, 11) is 0. The number of benzene rings is 1. The van der Waals surface area contributed by atoms with Gasteiger partial charge in [-0.2, -0.15) is 0 Å². The molecule has 1 heterocycles. The molecule has 2 unspecified atom stereocenters. The Labute approximate surface area is 109 Å². The maximum Gasteiger partial charge on any atom is 0.225 e. The second kappa shape index (κ2) is 4.75. The SMILES string of the molecule is CC1CC(c2ccccc2)CN1C(=O)C1CCC1. The molecule has 0 bridgehead atoms. The Kier molecular flexibility index (Phi) is 3.11. The van der Waals surface area contributed by atoms with Crippen LogP contribution in [0.2, 0.25) is 0 Å². The summed E-state index contributed by atoms with van der Waals surface area (Å²) >= 11 is 0. The fraction of sp³-hybridized carbons (Fsp3) is 0.562. The van der Waals surface area contributed by atoms with Crippen molar-refractivity contribution >= 4 is 5.91 Å². The molecule has 0 radical (unpaired) electrons. The molecule has 2 heteroatoms. The monoisotopic (exact) mass is 243 g/mol. The van der Waals surface area contributed by atoms with Crippen molar-refractivity contribution < 1.29 is 4.79 Å². The van der Waals surface area contributed by atoms with Crippen LogP contribution in [0.15, 0.2) is 30.3 Å². The molecular formula is C16H21NO. The van der Waals surface area contributed by atoms with Gasteiger partial charge >= 0.3 is 0 Å². The third kappa shape index (κ3) is 2.05. The van der Waals surface area contributed by atoms with Crippen molar-refractivity contribution in [2.24, 2.45) is 5.92 Å². The van der Waals surface area contributed by atoms with E-state index >= 15 is 0 Å². The number of rotatable bonds is 2. The molecule has 0 N–H and O–H groups in total. The average Bonchev–Trinajstić information content (AvgIpc) is 2.70. The third-order valence-electron chi connectivity index (χ3n) is 4.58. The maximum absolute atomic E-state index is 12.3. The zero-order chi connectivity index (χ0) is 12.5. The van der Waals surface area contributed by atoms with Crippen LogP contribution in [0.5, 0.6) is 0 Å². The van der Waals surface area contributed by atoms with Gasteiger partial charge in [-0.15, -0.1) is 0 Å². The molecule has 0 aromatic heterocycles. The van der Waals surface area contributed by atoms with Crippen LogP contribution in [0.4, 0.5) is 0 Å². The molecule has 1 aliphatic heterocycles. The van der Waals surface area contributed by atoms with Crippen molar-refractivity contribution in [3.05, 3.63) is 35.9 Å². The van der Waals surface area contributed by atoms with Gasteiger partial charge in [0.2, 0.25) is 5.91 Å². The Hall–Kier alpha value is -1.31. The molecule has 2 aliphatic rings. The smallest absolute Gasteiger partial charge is 0.225 e. The van der Waals surface area contributed by atoms with E-state index in [9.17, 15) is 4.79 Å². The van der Waals surface area contributed by atoms with E-state index in [1.54, 1.807) is 0 Å². The van der Waals surface area contributed by atoms with Gasteiger partial charge in [0.15, 0.2) is 0 Å². The Morgan fingerprint density at radius 2 is 1.94 bits per heavy atom. The van der Waals surface area contributed by atoms with E-state index in [0.717, 1.165) is 25.8 Å². The van der Waals surface area contributed by atoms with E-state index in [0.29, 0.717) is 23.8 Å². The highest BCUT2D eigenvalue weighted by Gasteiger charge is 2.37. The summed E-state index contributed by atoms with van der Waals surface area (Å²) in [4.78, 5) is 14.5. The van der Waals surface area contributed by atoms with E-state index in [1.807, 2.05) is 0 Å². The highest BCUT2D eigenvalue weighted by Crippen LogP contribution is 2.35. The van der Waals surface area contributed by atoms with E-state index < -0.39 is 0 Å². The second-order valence-corrected chi connectivity index (χ2v) is 5.81. The summed E-state index contributed by atoms with van der Waals surface area (Å²) in [6.45, 7) is 3.11. The van der Waals surface area contributed by atoms with Crippen molar-refractivity contribution in [1.29, 1.82) is 0 Å². The third-order valence-corrected chi connectivity index (χ3v) is 4.58. The minimum atomic E-state index is 0.335. The quantitative estimate of drug-likeness (QED) is 0.781. The van der Waals surface area contributed by atoms with Gasteiger partial charge in [0.05, 0.1) is 0 Å². The fourth-order valence-electron chi connectivity index (χ4n) is 3.19. The van der Waals surface area contributed by atoms with Crippen LogP contribution in [-0.2, 0) is 4.79 Å². The topological polar surface area (TPSA) is 20.3 Å². The first-order valence-corrected chi connectivity index (χ1v) is 7.11. The first-order valence-electron chi connectivity index (χ1n) is 7.11. The van der Waals surface area contributed by atoms with E-state index in [-0.39, 0.29) is 0 Å². The summed E-state index contributed by atoms with van der Waals surface area (Å²) in [5.41, 5.74) is 1.38. The van der Waals surface area contributed by atoms with E-state index in [2.05, 4.69) is 42.2 Å². The maximum atomic E-state index is 12.3. The summed E-state index contributed by atoms with van der Waals surface area (Å²) in [6, 6.07) is 11.0. The number of carbonyl (C=O) groups is 1. The zero-order valence-electron chi connectivity index (χ0n) is 11.0. The zero-order valence-corrected chi connectivity index (χ0v) is 11.0. The number of amides is 1. The van der Waals surface area contributed by atoms with Crippen LogP contribution in [0.1, 0.15) is 44.1 Å². The number of likely N-dealkylation sites (tertiary alicyclic amines) is 1. The Balaban J connectivity index is 1.70. The summed E-state index contributed by atoms with van der Waals surface area (Å²) < 4.78 is 0. The predicted octanol–water partition coefficient (Wildman–Crippen LogP) is 3.19. The Morgan fingerprint density at radius 3 is 2.56 bits per heavy atom. The van der Waals surface area contributed by atoms with Crippen molar-refractivity contribution in [3.8, 4) is 0 Å². The van der Waals surface area contributed by atoms with Crippen LogP contribution in [0, 0.1) is 5.92 Å². The Morgan fingerprint density at radius 1 is 1.22 bits per heavy atom. The van der Waals surface area contributed by atoms with Crippen LogP contribution >= 0.6 is 0 Å². The molecule has 2 fully saturated rings. The molecule has 1 amide bonds. The normalized spacial score (nSPS) is 28.2. The molecule has 18 heavy (non-hydrogen) atoms. The van der Waals surface area contributed by atoms with Crippen LogP contribution in [-0.4, -0.2) is 23.4 Å². The minimum absolute atomic E-state index is 0.335. The van der Waals surface area contributed by atoms with Gasteiger partial charge in [0.25, 0.3) is 0 Å². The van der Waals surface area contributed by atoms with Gasteiger partial charge in [0.1, 0.15) is 0 Å². The molecular weight excluding hydrogens is 222 g/mol. The van der Waals surface area contributed by atoms with Gasteiger partial charge in [0, 0.05) is 24.4 Å². The van der Waals surface area contributed by atoms with E-state index in [1.165, 1.54) is 12.0 Å². The average molecular weight is 243 g/mol. The minimum Gasteiger partial charge on any atom is -0.339 e. The summed E-state index contributed by atoms with van der Waals surface area (Å²) in [6.07, 6.45) is 4.57. The fourth-order valence-corrected chi connectivity index (χ4v) is 3.19. The molecule has 1 aromatic carbocycles. The second-order valence-electron chi connectivity index (χ2n) is 5.81. The molecule has 3 rings (SSSR count). The van der Waals surface area contributed by atoms with Gasteiger partial charge in [-0.3, -0.25) is 4.79 Å². The number of nitrogens with zero attached hydrogens (tertiary/aromatic N) is 1. The first-order chi connectivity index (χ1) is 8.75. The predicted molar refractivity (Wildman–Crippen MR) is 72.3 cm³/mol. The largest absolute Gasteiger partial charge is 0.339 e. The van der Waals surface area contributed by atoms with Crippen molar-refractivity contribution in [2.75, 3.05) is 6.54 Å². The highest BCUT2D eigenvalue weighted by atomic mass is 16.2. The first kappa shape index (κ1) is 11.8. The lowest BCUT2D eigenvalue weighted by atomic mass is 9.84. The van der Waals surface area contributed by atoms with Crippen molar-refractivity contribution in [2.45, 2.75) is 44.6 Å². The summed E-state index contributed by atoms with van der Waals surface area (Å²) in [5.74, 6) is 1.28. The lowest BCUT2D eigenvalue weighted by Crippen LogP contribution is -2.40. The molecule has 2 nitrogen and oxygen atoms in total. The van der Waals surface area contributed by atoms with Crippen LogP contribution in [0.3, 0.4) is 0 Å². The van der Waals surface area contributed by atoms with Gasteiger partial charge in [-0.05, 0) is 31.7 Å². The highest BCUT2D eigenvalue weighted by molar-refractivity contribution is 5.80. The van der Waals surface area contributed by atoms with E-state index in [4.69, 9.17) is 0 Å². The molecule has 96 valence electrons. The Bertz CT molecular complexity index is 424. The molecule has 0 spiro atoms. The molecule has 2 atom stereocenters.